The number of hydrogen-bond donors (Lipinski definition) is 1. The molecule has 5 nitrogen and oxygen atoms in total. The molecule has 0 aromatic heterocycles. The van der Waals surface area contributed by atoms with Gasteiger partial charge in [0.2, 0.25) is 5.91 Å². The van der Waals surface area contributed by atoms with Crippen molar-refractivity contribution in [1.82, 2.24) is 10.2 Å². The Hall–Kier alpha value is -0.620. The van der Waals surface area contributed by atoms with Gasteiger partial charge in [-0.15, -0.1) is 0 Å². The third-order valence-electron chi connectivity index (χ3n) is 2.67. The SMILES string of the molecule is CCCN(C(=O)CCS(C)(=O)=O)C1CNC1. The van der Waals surface area contributed by atoms with E-state index in [4.69, 9.17) is 0 Å². The summed E-state index contributed by atoms with van der Waals surface area (Å²) in [7, 11) is -3.05. The predicted octanol–water partition coefficient (Wildman–Crippen LogP) is -0.368. The van der Waals surface area contributed by atoms with Crippen molar-refractivity contribution in [3.05, 3.63) is 0 Å². The molecule has 1 rings (SSSR count). The molecule has 0 spiro atoms. The fourth-order valence-electron chi connectivity index (χ4n) is 1.66. The molecule has 0 aliphatic carbocycles. The van der Waals surface area contributed by atoms with E-state index in [1.165, 1.54) is 0 Å². The fraction of sp³-hybridized carbons (Fsp3) is 0.900. The maximum atomic E-state index is 11.8. The first-order valence-electron chi connectivity index (χ1n) is 5.62. The van der Waals surface area contributed by atoms with Gasteiger partial charge in [0.05, 0.1) is 11.8 Å². The van der Waals surface area contributed by atoms with Crippen LogP contribution in [-0.2, 0) is 14.6 Å². The average Bonchev–Trinajstić information content (AvgIpc) is 2.09. The minimum atomic E-state index is -3.05. The summed E-state index contributed by atoms with van der Waals surface area (Å²) in [6, 6.07) is 0.256. The van der Waals surface area contributed by atoms with E-state index in [0.717, 1.165) is 32.3 Å². The zero-order chi connectivity index (χ0) is 12.2. The van der Waals surface area contributed by atoms with Gasteiger partial charge in [-0.25, -0.2) is 8.42 Å². The second-order valence-electron chi connectivity index (χ2n) is 4.28. The van der Waals surface area contributed by atoms with E-state index in [1.54, 1.807) is 0 Å². The van der Waals surface area contributed by atoms with Crippen molar-refractivity contribution in [2.24, 2.45) is 0 Å². The van der Waals surface area contributed by atoms with E-state index >= 15 is 0 Å². The van der Waals surface area contributed by atoms with E-state index in [-0.39, 0.29) is 24.1 Å². The van der Waals surface area contributed by atoms with Crippen LogP contribution in [0, 0.1) is 0 Å². The van der Waals surface area contributed by atoms with Gasteiger partial charge in [-0.3, -0.25) is 4.79 Å². The molecule has 1 amide bonds. The maximum absolute atomic E-state index is 11.8. The average molecular weight is 248 g/mol. The van der Waals surface area contributed by atoms with Gasteiger partial charge in [-0.1, -0.05) is 6.92 Å². The van der Waals surface area contributed by atoms with Gasteiger partial charge in [0, 0.05) is 32.3 Å². The van der Waals surface area contributed by atoms with E-state index in [0.29, 0.717) is 0 Å². The number of nitrogens with zero attached hydrogens (tertiary/aromatic N) is 1. The van der Waals surface area contributed by atoms with Crippen molar-refractivity contribution < 1.29 is 13.2 Å². The molecule has 0 bridgehead atoms. The van der Waals surface area contributed by atoms with Crippen molar-refractivity contribution in [3.8, 4) is 0 Å². The standard InChI is InChI=1S/C10H20N2O3S/c1-3-5-12(9-7-11-8-9)10(13)4-6-16(2,14)15/h9,11H,3-8H2,1-2H3. The van der Waals surface area contributed by atoms with E-state index in [9.17, 15) is 13.2 Å². The number of sulfone groups is 1. The van der Waals surface area contributed by atoms with Crippen LogP contribution >= 0.6 is 0 Å². The number of amides is 1. The second-order valence-corrected chi connectivity index (χ2v) is 6.54. The summed E-state index contributed by atoms with van der Waals surface area (Å²) < 4.78 is 22.0. The Morgan fingerprint density at radius 1 is 1.44 bits per heavy atom. The topological polar surface area (TPSA) is 66.5 Å². The Labute approximate surface area is 97.1 Å². The molecular weight excluding hydrogens is 228 g/mol. The minimum absolute atomic E-state index is 0.0428. The number of nitrogens with one attached hydrogen (secondary N) is 1. The summed E-state index contributed by atoms with van der Waals surface area (Å²) in [5.74, 6) is -0.0922. The van der Waals surface area contributed by atoms with Crippen LogP contribution in [0.2, 0.25) is 0 Å². The van der Waals surface area contributed by atoms with Gasteiger partial charge in [-0.2, -0.15) is 0 Å². The quantitative estimate of drug-likeness (QED) is 0.696. The van der Waals surface area contributed by atoms with E-state index < -0.39 is 9.84 Å². The molecule has 1 heterocycles. The van der Waals surface area contributed by atoms with Crippen LogP contribution in [0.5, 0.6) is 0 Å². The molecule has 0 saturated carbocycles. The molecule has 1 fully saturated rings. The minimum Gasteiger partial charge on any atom is -0.337 e. The summed E-state index contributed by atoms with van der Waals surface area (Å²) in [5, 5.41) is 3.12. The van der Waals surface area contributed by atoms with Gasteiger partial charge < -0.3 is 10.2 Å². The van der Waals surface area contributed by atoms with Gasteiger partial charge in [0.1, 0.15) is 9.84 Å². The highest BCUT2D eigenvalue weighted by Crippen LogP contribution is 2.08. The Kier molecular flexibility index (Phi) is 4.73. The van der Waals surface area contributed by atoms with Crippen LogP contribution in [0.25, 0.3) is 0 Å². The second kappa shape index (κ2) is 5.63. The molecule has 0 aromatic carbocycles. The molecule has 0 unspecified atom stereocenters. The Morgan fingerprint density at radius 2 is 2.06 bits per heavy atom. The zero-order valence-electron chi connectivity index (χ0n) is 9.90. The molecule has 0 aromatic rings. The van der Waals surface area contributed by atoms with Crippen molar-refractivity contribution in [3.63, 3.8) is 0 Å². The van der Waals surface area contributed by atoms with Crippen LogP contribution < -0.4 is 5.32 Å². The van der Waals surface area contributed by atoms with Crippen molar-refractivity contribution in [1.29, 1.82) is 0 Å². The summed E-state index contributed by atoms with van der Waals surface area (Å²) in [5.41, 5.74) is 0. The summed E-state index contributed by atoms with van der Waals surface area (Å²) >= 11 is 0. The lowest BCUT2D eigenvalue weighted by Crippen LogP contribution is -2.59. The lowest BCUT2D eigenvalue weighted by Gasteiger charge is -2.38. The molecule has 1 aliphatic heterocycles. The molecule has 0 radical (unpaired) electrons. The Balaban J connectivity index is 2.47. The number of carbonyl (C=O) groups is 1. The third kappa shape index (κ3) is 4.09. The Morgan fingerprint density at radius 3 is 2.44 bits per heavy atom. The highest BCUT2D eigenvalue weighted by Gasteiger charge is 2.27. The largest absolute Gasteiger partial charge is 0.337 e. The van der Waals surface area contributed by atoms with Crippen molar-refractivity contribution in [2.75, 3.05) is 31.6 Å². The highest BCUT2D eigenvalue weighted by molar-refractivity contribution is 7.90. The third-order valence-corrected chi connectivity index (χ3v) is 3.62. The highest BCUT2D eigenvalue weighted by atomic mass is 32.2. The summed E-state index contributed by atoms with van der Waals surface area (Å²) in [6.07, 6.45) is 2.17. The molecular formula is C10H20N2O3S. The van der Waals surface area contributed by atoms with Crippen LogP contribution in [-0.4, -0.2) is 56.9 Å². The van der Waals surface area contributed by atoms with E-state index in [2.05, 4.69) is 5.32 Å². The van der Waals surface area contributed by atoms with Gasteiger partial charge in [-0.05, 0) is 6.42 Å². The number of hydrogen-bond acceptors (Lipinski definition) is 4. The molecule has 6 heteroatoms. The van der Waals surface area contributed by atoms with Crippen LogP contribution in [0.4, 0.5) is 0 Å². The first kappa shape index (κ1) is 13.4. The molecule has 0 atom stereocenters. The first-order chi connectivity index (χ1) is 7.44. The lowest BCUT2D eigenvalue weighted by molar-refractivity contribution is -0.134. The van der Waals surface area contributed by atoms with Gasteiger partial charge >= 0.3 is 0 Å². The van der Waals surface area contributed by atoms with Gasteiger partial charge in [0.25, 0.3) is 0 Å². The fourth-order valence-corrected chi connectivity index (χ4v) is 2.21. The normalized spacial score (nSPS) is 16.9. The van der Waals surface area contributed by atoms with Crippen LogP contribution in [0.15, 0.2) is 0 Å². The number of rotatable bonds is 6. The Bertz CT molecular complexity index is 336. The van der Waals surface area contributed by atoms with Crippen molar-refractivity contribution in [2.45, 2.75) is 25.8 Å². The molecule has 1 aliphatic rings. The predicted molar refractivity (Wildman–Crippen MR) is 63.0 cm³/mol. The van der Waals surface area contributed by atoms with Crippen molar-refractivity contribution >= 4 is 15.7 Å². The summed E-state index contributed by atoms with van der Waals surface area (Å²) in [4.78, 5) is 13.7. The van der Waals surface area contributed by atoms with Crippen LogP contribution in [0.3, 0.4) is 0 Å². The van der Waals surface area contributed by atoms with E-state index in [1.807, 2.05) is 11.8 Å². The molecule has 94 valence electrons. The molecule has 16 heavy (non-hydrogen) atoms. The number of carbonyl (C=O) groups excluding carboxylic acids is 1. The van der Waals surface area contributed by atoms with Gasteiger partial charge in [0.15, 0.2) is 0 Å². The van der Waals surface area contributed by atoms with Crippen LogP contribution in [0.1, 0.15) is 19.8 Å². The first-order valence-corrected chi connectivity index (χ1v) is 7.68. The molecule has 1 N–H and O–H groups in total. The summed E-state index contributed by atoms with van der Waals surface area (Å²) in [6.45, 7) is 4.38. The lowest BCUT2D eigenvalue weighted by atomic mass is 10.1. The smallest absolute Gasteiger partial charge is 0.223 e. The molecule has 1 saturated heterocycles. The monoisotopic (exact) mass is 248 g/mol. The maximum Gasteiger partial charge on any atom is 0.223 e. The zero-order valence-corrected chi connectivity index (χ0v) is 10.7.